The van der Waals surface area contributed by atoms with E-state index >= 15 is 0 Å². The molecule has 0 unspecified atom stereocenters. The van der Waals surface area contributed by atoms with E-state index in [1.54, 1.807) is 13.1 Å². The predicted molar refractivity (Wildman–Crippen MR) is 52.7 cm³/mol. The van der Waals surface area contributed by atoms with Gasteiger partial charge in [0, 0.05) is 6.21 Å². The second-order valence-electron chi connectivity index (χ2n) is 2.69. The molecule has 0 saturated heterocycles. The molecule has 13 heavy (non-hydrogen) atoms. The first kappa shape index (κ1) is 11.9. The number of amides is 1. The molecule has 4 heteroatoms. The summed E-state index contributed by atoms with van der Waals surface area (Å²) in [7, 11) is 0. The van der Waals surface area contributed by atoms with Gasteiger partial charge in [0.05, 0.1) is 6.61 Å². The van der Waals surface area contributed by atoms with Crippen LogP contribution in [0.15, 0.2) is 5.10 Å². The van der Waals surface area contributed by atoms with Crippen LogP contribution in [0.3, 0.4) is 0 Å². The van der Waals surface area contributed by atoms with Gasteiger partial charge in [-0.15, -0.1) is 0 Å². The van der Waals surface area contributed by atoms with Gasteiger partial charge in [0.25, 0.3) is 0 Å². The van der Waals surface area contributed by atoms with Crippen LogP contribution in [0.5, 0.6) is 0 Å². The lowest BCUT2D eigenvalue weighted by Gasteiger charge is -2.04. The molecule has 0 bridgehead atoms. The van der Waals surface area contributed by atoms with Crippen molar-refractivity contribution in [1.29, 1.82) is 0 Å². The second kappa shape index (κ2) is 7.58. The molecule has 0 aliphatic heterocycles. The highest BCUT2D eigenvalue weighted by molar-refractivity contribution is 5.69. The number of nitrogens with zero attached hydrogens (tertiary/aromatic N) is 1. The number of carbonyl (C=O) groups is 1. The molecule has 0 aromatic rings. The average molecular weight is 186 g/mol. The molecule has 1 amide bonds. The van der Waals surface area contributed by atoms with Crippen LogP contribution in [0.2, 0.25) is 0 Å². The van der Waals surface area contributed by atoms with Gasteiger partial charge in [-0.1, -0.05) is 13.8 Å². The molecule has 0 heterocycles. The van der Waals surface area contributed by atoms with Crippen LogP contribution in [-0.2, 0) is 4.74 Å². The molecule has 0 saturated carbocycles. The van der Waals surface area contributed by atoms with Crippen molar-refractivity contribution < 1.29 is 9.53 Å². The van der Waals surface area contributed by atoms with Crippen molar-refractivity contribution in [3.63, 3.8) is 0 Å². The van der Waals surface area contributed by atoms with Gasteiger partial charge >= 0.3 is 6.09 Å². The first-order valence-corrected chi connectivity index (χ1v) is 4.70. The predicted octanol–water partition coefficient (Wildman–Crippen LogP) is 2.15. The fourth-order valence-corrected chi connectivity index (χ4v) is 0.858. The van der Waals surface area contributed by atoms with Gasteiger partial charge < -0.3 is 4.74 Å². The van der Waals surface area contributed by atoms with E-state index in [4.69, 9.17) is 0 Å². The summed E-state index contributed by atoms with van der Waals surface area (Å²) in [4.78, 5) is 10.8. The van der Waals surface area contributed by atoms with Crippen LogP contribution >= 0.6 is 0 Å². The topological polar surface area (TPSA) is 50.7 Å². The molecule has 0 spiro atoms. The van der Waals surface area contributed by atoms with Gasteiger partial charge in [-0.2, -0.15) is 5.10 Å². The van der Waals surface area contributed by atoms with Crippen molar-refractivity contribution in [2.45, 2.75) is 33.6 Å². The highest BCUT2D eigenvalue weighted by atomic mass is 16.5. The van der Waals surface area contributed by atoms with E-state index in [-0.39, 0.29) is 0 Å². The van der Waals surface area contributed by atoms with Gasteiger partial charge in [0.2, 0.25) is 0 Å². The normalized spacial score (nSPS) is 10.8. The quantitative estimate of drug-likeness (QED) is 0.528. The Morgan fingerprint density at radius 2 is 2.08 bits per heavy atom. The highest BCUT2D eigenvalue weighted by Gasteiger charge is 1.99. The molecule has 0 aromatic heterocycles. The van der Waals surface area contributed by atoms with Crippen molar-refractivity contribution in [2.75, 3.05) is 6.61 Å². The maximum absolute atomic E-state index is 10.8. The van der Waals surface area contributed by atoms with Crippen molar-refractivity contribution in [3.05, 3.63) is 0 Å². The van der Waals surface area contributed by atoms with Gasteiger partial charge in [0.1, 0.15) is 0 Å². The standard InChI is InChI=1S/C9H18N2O2/c1-4-8(5-2)7-10-11-9(12)13-6-3/h7-8H,4-6H2,1-3H3,(H,11,12). The Kier molecular flexibility index (Phi) is 6.96. The fourth-order valence-electron chi connectivity index (χ4n) is 0.858. The minimum absolute atomic E-state index is 0.367. The Labute approximate surface area is 79.3 Å². The van der Waals surface area contributed by atoms with Gasteiger partial charge in [-0.3, -0.25) is 0 Å². The molecule has 0 aliphatic carbocycles. The summed E-state index contributed by atoms with van der Waals surface area (Å²) in [5.41, 5.74) is 2.29. The lowest BCUT2D eigenvalue weighted by atomic mass is 10.1. The molecule has 0 radical (unpaired) electrons. The van der Waals surface area contributed by atoms with Crippen molar-refractivity contribution in [2.24, 2.45) is 11.0 Å². The van der Waals surface area contributed by atoms with Crippen LogP contribution in [0.4, 0.5) is 4.79 Å². The monoisotopic (exact) mass is 186 g/mol. The molecule has 1 N–H and O–H groups in total. The molecular formula is C9H18N2O2. The Morgan fingerprint density at radius 1 is 1.46 bits per heavy atom. The maximum Gasteiger partial charge on any atom is 0.427 e. The summed E-state index contributed by atoms with van der Waals surface area (Å²) in [6.07, 6.45) is 3.32. The van der Waals surface area contributed by atoms with Gasteiger partial charge in [0.15, 0.2) is 0 Å². The number of hydrogen-bond donors (Lipinski definition) is 1. The number of hydrogen-bond acceptors (Lipinski definition) is 3. The van der Waals surface area contributed by atoms with Crippen LogP contribution in [0, 0.1) is 5.92 Å². The second-order valence-corrected chi connectivity index (χ2v) is 2.69. The van der Waals surface area contributed by atoms with E-state index in [0.717, 1.165) is 12.8 Å². The van der Waals surface area contributed by atoms with E-state index in [9.17, 15) is 4.79 Å². The van der Waals surface area contributed by atoms with Crippen molar-refractivity contribution in [1.82, 2.24) is 5.43 Å². The number of carbonyl (C=O) groups excluding carboxylic acids is 1. The third kappa shape index (κ3) is 6.13. The van der Waals surface area contributed by atoms with Crippen molar-refractivity contribution in [3.8, 4) is 0 Å². The van der Waals surface area contributed by atoms with Crippen LogP contribution in [0.1, 0.15) is 33.6 Å². The highest BCUT2D eigenvalue weighted by Crippen LogP contribution is 2.02. The van der Waals surface area contributed by atoms with Crippen molar-refractivity contribution >= 4 is 12.3 Å². The van der Waals surface area contributed by atoms with E-state index in [1.165, 1.54) is 0 Å². The summed E-state index contributed by atoms with van der Waals surface area (Å²) >= 11 is 0. The van der Waals surface area contributed by atoms with E-state index in [0.29, 0.717) is 12.5 Å². The third-order valence-corrected chi connectivity index (χ3v) is 1.77. The molecule has 0 aromatic carbocycles. The van der Waals surface area contributed by atoms with Crippen LogP contribution in [0.25, 0.3) is 0 Å². The van der Waals surface area contributed by atoms with E-state index in [2.05, 4.69) is 29.1 Å². The van der Waals surface area contributed by atoms with Crippen LogP contribution in [-0.4, -0.2) is 18.9 Å². The number of ether oxygens (including phenoxy) is 1. The summed E-state index contributed by atoms with van der Waals surface area (Å²) in [5.74, 6) is 0.432. The lowest BCUT2D eigenvalue weighted by Crippen LogP contribution is -2.19. The zero-order valence-corrected chi connectivity index (χ0v) is 8.54. The van der Waals surface area contributed by atoms with E-state index < -0.39 is 6.09 Å². The Balaban J connectivity index is 3.66. The minimum atomic E-state index is -0.496. The molecule has 0 fully saturated rings. The smallest absolute Gasteiger partial charge is 0.427 e. The summed E-state index contributed by atoms with van der Waals surface area (Å²) < 4.78 is 4.63. The lowest BCUT2D eigenvalue weighted by molar-refractivity contribution is 0.152. The SMILES string of the molecule is CCOC(=O)NN=CC(CC)CC. The minimum Gasteiger partial charge on any atom is -0.449 e. The molecule has 0 aliphatic rings. The molecule has 4 nitrogen and oxygen atoms in total. The van der Waals surface area contributed by atoms with E-state index in [1.807, 2.05) is 0 Å². The Hall–Kier alpha value is -1.06. The fraction of sp³-hybridized carbons (Fsp3) is 0.778. The zero-order chi connectivity index (χ0) is 10.1. The third-order valence-electron chi connectivity index (χ3n) is 1.77. The number of rotatable bonds is 5. The first-order chi connectivity index (χ1) is 6.24. The summed E-state index contributed by atoms with van der Waals surface area (Å²) in [5, 5.41) is 3.78. The summed E-state index contributed by atoms with van der Waals surface area (Å²) in [6.45, 7) is 6.30. The zero-order valence-electron chi connectivity index (χ0n) is 8.54. The summed E-state index contributed by atoms with van der Waals surface area (Å²) in [6, 6.07) is 0. The molecule has 76 valence electrons. The van der Waals surface area contributed by atoms with Crippen LogP contribution < -0.4 is 5.43 Å². The van der Waals surface area contributed by atoms with Gasteiger partial charge in [-0.05, 0) is 25.7 Å². The average Bonchev–Trinajstić information content (AvgIpc) is 2.13. The Morgan fingerprint density at radius 3 is 2.54 bits per heavy atom. The number of hydrazone groups is 1. The number of nitrogens with one attached hydrogen (secondary N) is 1. The first-order valence-electron chi connectivity index (χ1n) is 4.70. The molecular weight excluding hydrogens is 168 g/mol. The molecule has 0 atom stereocenters. The molecule has 0 rings (SSSR count). The van der Waals surface area contributed by atoms with Gasteiger partial charge in [-0.25, -0.2) is 10.2 Å². The Bertz CT molecular complexity index is 165. The maximum atomic E-state index is 10.8. The largest absolute Gasteiger partial charge is 0.449 e.